The van der Waals surface area contributed by atoms with E-state index in [1.807, 2.05) is 51.1 Å². The molecule has 0 unspecified atom stereocenters. The third kappa shape index (κ3) is 3.85. The Bertz CT molecular complexity index is 757. The van der Waals surface area contributed by atoms with Crippen molar-refractivity contribution in [2.24, 2.45) is 0 Å². The van der Waals surface area contributed by atoms with Gasteiger partial charge in [0.1, 0.15) is 16.6 Å². The predicted octanol–water partition coefficient (Wildman–Crippen LogP) is 3.97. The number of rotatable bonds is 2. The first-order valence-electron chi connectivity index (χ1n) is 7.88. The summed E-state index contributed by atoms with van der Waals surface area (Å²) in [7, 11) is 0. The van der Waals surface area contributed by atoms with Crippen LogP contribution in [0, 0.1) is 0 Å². The Balaban J connectivity index is 1.77. The van der Waals surface area contributed by atoms with Crippen LogP contribution >= 0.6 is 11.6 Å². The van der Waals surface area contributed by atoms with Crippen LogP contribution in [-0.4, -0.2) is 26.6 Å². The molecule has 1 aliphatic heterocycles. The van der Waals surface area contributed by atoms with Crippen LogP contribution in [0.25, 0.3) is 0 Å². The lowest BCUT2D eigenvalue weighted by Gasteiger charge is -2.23. The summed E-state index contributed by atoms with van der Waals surface area (Å²) in [6.07, 6.45) is 0.251. The molecule has 24 heavy (non-hydrogen) atoms. The number of carbonyl (C=O) groups is 1. The molecule has 0 radical (unpaired) electrons. The van der Waals surface area contributed by atoms with E-state index in [9.17, 15) is 4.79 Å². The summed E-state index contributed by atoms with van der Waals surface area (Å²) >= 11 is 6.31. The average Bonchev–Trinajstić information content (AvgIpc) is 2.91. The second-order valence-electron chi connectivity index (χ2n) is 6.85. The number of benzene rings is 1. The van der Waals surface area contributed by atoms with Gasteiger partial charge in [-0.2, -0.15) is 0 Å². The van der Waals surface area contributed by atoms with Crippen molar-refractivity contribution in [2.75, 3.05) is 0 Å². The molecule has 0 atom stereocenters. The highest BCUT2D eigenvalue weighted by Gasteiger charge is 2.31. The predicted molar refractivity (Wildman–Crippen MR) is 91.8 cm³/mol. The van der Waals surface area contributed by atoms with Crippen LogP contribution in [0.1, 0.15) is 43.4 Å². The highest BCUT2D eigenvalue weighted by molar-refractivity contribution is 6.30. The molecule has 0 spiro atoms. The molecule has 5 nitrogen and oxygen atoms in total. The van der Waals surface area contributed by atoms with Crippen molar-refractivity contribution in [2.45, 2.75) is 45.9 Å². The number of hydrogen-bond donors (Lipinski definition) is 0. The lowest BCUT2D eigenvalue weighted by molar-refractivity contribution is 0.0240. The summed E-state index contributed by atoms with van der Waals surface area (Å²) in [5.74, 6) is 0.663. The Morgan fingerprint density at radius 1 is 1.21 bits per heavy atom. The van der Waals surface area contributed by atoms with Crippen LogP contribution in [0.5, 0.6) is 0 Å². The molecular formula is C18H20ClN3O2. The molecule has 0 bridgehead atoms. The van der Waals surface area contributed by atoms with Gasteiger partial charge in [0.05, 0.1) is 18.8 Å². The van der Waals surface area contributed by atoms with Crippen LogP contribution in [0.4, 0.5) is 4.79 Å². The van der Waals surface area contributed by atoms with Gasteiger partial charge in [-0.3, -0.25) is 4.90 Å². The molecular weight excluding hydrogens is 326 g/mol. The number of aromatic nitrogens is 2. The van der Waals surface area contributed by atoms with Crippen LogP contribution in [0.2, 0.25) is 5.15 Å². The maximum atomic E-state index is 12.2. The Labute approximate surface area is 146 Å². The first-order valence-corrected chi connectivity index (χ1v) is 8.25. The summed E-state index contributed by atoms with van der Waals surface area (Å²) in [5, 5.41) is 0.414. The molecule has 0 N–H and O–H groups in total. The van der Waals surface area contributed by atoms with E-state index >= 15 is 0 Å². The zero-order valence-electron chi connectivity index (χ0n) is 14.0. The smallest absolute Gasteiger partial charge is 0.410 e. The van der Waals surface area contributed by atoms with Gasteiger partial charge in [-0.25, -0.2) is 14.8 Å². The summed E-state index contributed by atoms with van der Waals surface area (Å²) in [6, 6.07) is 9.98. The van der Waals surface area contributed by atoms with Gasteiger partial charge < -0.3 is 4.74 Å². The first-order chi connectivity index (χ1) is 11.3. The minimum atomic E-state index is -0.528. The largest absolute Gasteiger partial charge is 0.444 e. The molecule has 2 aromatic rings. The van der Waals surface area contributed by atoms with Gasteiger partial charge in [-0.1, -0.05) is 41.9 Å². The van der Waals surface area contributed by atoms with Crippen molar-refractivity contribution >= 4 is 17.7 Å². The summed E-state index contributed by atoms with van der Waals surface area (Å²) < 4.78 is 5.41. The molecule has 6 heteroatoms. The summed E-state index contributed by atoms with van der Waals surface area (Å²) in [4.78, 5) is 22.8. The van der Waals surface area contributed by atoms with E-state index in [2.05, 4.69) is 9.97 Å². The molecule has 0 aliphatic carbocycles. The molecule has 2 heterocycles. The lowest BCUT2D eigenvalue weighted by Crippen LogP contribution is -2.33. The highest BCUT2D eigenvalue weighted by Crippen LogP contribution is 2.28. The van der Waals surface area contributed by atoms with E-state index < -0.39 is 5.60 Å². The number of amides is 1. The van der Waals surface area contributed by atoms with E-state index in [0.29, 0.717) is 30.5 Å². The molecule has 0 fully saturated rings. The van der Waals surface area contributed by atoms with Crippen molar-refractivity contribution in [3.8, 4) is 0 Å². The molecule has 0 saturated heterocycles. The monoisotopic (exact) mass is 345 g/mol. The number of hydrogen-bond acceptors (Lipinski definition) is 4. The second kappa shape index (κ2) is 6.40. The Kier molecular flexibility index (Phi) is 4.45. The van der Waals surface area contributed by atoms with Gasteiger partial charge in [0.15, 0.2) is 0 Å². The third-order valence-electron chi connectivity index (χ3n) is 3.63. The second-order valence-corrected chi connectivity index (χ2v) is 7.21. The van der Waals surface area contributed by atoms with Gasteiger partial charge in [-0.15, -0.1) is 0 Å². The van der Waals surface area contributed by atoms with Gasteiger partial charge in [-0.05, 0) is 26.3 Å². The van der Waals surface area contributed by atoms with E-state index in [-0.39, 0.29) is 6.09 Å². The van der Waals surface area contributed by atoms with Gasteiger partial charge in [0.25, 0.3) is 0 Å². The molecule has 126 valence electrons. The Morgan fingerprint density at radius 2 is 1.92 bits per heavy atom. The Hall–Kier alpha value is -2.14. The van der Waals surface area contributed by atoms with Crippen LogP contribution < -0.4 is 0 Å². The summed E-state index contributed by atoms with van der Waals surface area (Å²) in [6.45, 7) is 6.32. The van der Waals surface area contributed by atoms with Crippen LogP contribution in [0.15, 0.2) is 30.3 Å². The topological polar surface area (TPSA) is 55.3 Å². The van der Waals surface area contributed by atoms with Crippen molar-refractivity contribution in [1.82, 2.24) is 14.9 Å². The molecule has 1 aromatic carbocycles. The van der Waals surface area contributed by atoms with Gasteiger partial charge in [0.2, 0.25) is 0 Å². The highest BCUT2D eigenvalue weighted by atomic mass is 35.5. The zero-order chi connectivity index (χ0) is 17.3. The summed E-state index contributed by atoms with van der Waals surface area (Å²) in [5.41, 5.74) is 2.20. The van der Waals surface area contributed by atoms with Crippen molar-refractivity contribution in [3.05, 3.63) is 58.1 Å². The maximum Gasteiger partial charge on any atom is 0.410 e. The van der Waals surface area contributed by atoms with E-state index in [1.165, 1.54) is 0 Å². The number of carbonyl (C=O) groups excluding carboxylic acids is 1. The molecule has 3 rings (SSSR count). The van der Waals surface area contributed by atoms with Crippen LogP contribution in [-0.2, 0) is 24.2 Å². The number of nitrogens with zero attached hydrogens (tertiary/aromatic N) is 3. The quantitative estimate of drug-likeness (QED) is 0.773. The molecule has 0 saturated carbocycles. The minimum Gasteiger partial charge on any atom is -0.444 e. The fraction of sp³-hybridized carbons (Fsp3) is 0.389. The van der Waals surface area contributed by atoms with E-state index in [4.69, 9.17) is 16.3 Å². The molecule has 1 amide bonds. The van der Waals surface area contributed by atoms with E-state index in [0.717, 1.165) is 16.8 Å². The molecule has 1 aromatic heterocycles. The number of fused-ring (bicyclic) bond motifs is 1. The standard InChI is InChI=1S/C18H20ClN3O2/c1-18(2,3)24-17(23)22-10-13-14(11-22)20-15(21-16(13)19)9-12-7-5-4-6-8-12/h4-8H,9-11H2,1-3H3. The fourth-order valence-corrected chi connectivity index (χ4v) is 2.84. The first kappa shape index (κ1) is 16.7. The van der Waals surface area contributed by atoms with Gasteiger partial charge in [0, 0.05) is 12.0 Å². The normalized spacial score (nSPS) is 13.8. The Morgan fingerprint density at radius 3 is 2.58 bits per heavy atom. The van der Waals surface area contributed by atoms with Crippen LogP contribution in [0.3, 0.4) is 0 Å². The lowest BCUT2D eigenvalue weighted by atomic mass is 10.1. The SMILES string of the molecule is CC(C)(C)OC(=O)N1Cc2nc(Cc3ccccc3)nc(Cl)c2C1. The van der Waals surface area contributed by atoms with Crippen molar-refractivity contribution < 1.29 is 9.53 Å². The average molecular weight is 346 g/mol. The van der Waals surface area contributed by atoms with Crippen molar-refractivity contribution in [1.29, 1.82) is 0 Å². The van der Waals surface area contributed by atoms with E-state index in [1.54, 1.807) is 4.90 Å². The molecule has 1 aliphatic rings. The minimum absolute atomic E-state index is 0.360. The third-order valence-corrected chi connectivity index (χ3v) is 3.95. The maximum absolute atomic E-state index is 12.2. The number of halogens is 1. The zero-order valence-corrected chi connectivity index (χ0v) is 14.8. The van der Waals surface area contributed by atoms with Gasteiger partial charge >= 0.3 is 6.09 Å². The fourth-order valence-electron chi connectivity index (χ4n) is 2.58. The van der Waals surface area contributed by atoms with Crippen molar-refractivity contribution in [3.63, 3.8) is 0 Å². The number of ether oxygens (including phenoxy) is 1.